The molecule has 3 rings (SSSR count). The number of ether oxygens (including phenoxy) is 2. The largest absolute Gasteiger partial charge is 0.479 e. The second kappa shape index (κ2) is 8.30. The molecular weight excluding hydrogens is 356 g/mol. The molecule has 3 aromatic rings. The van der Waals surface area contributed by atoms with Crippen molar-refractivity contribution >= 4 is 16.9 Å². The molecule has 28 heavy (non-hydrogen) atoms. The molecule has 0 aliphatic heterocycles. The Balaban J connectivity index is 1.98. The first-order valence-corrected chi connectivity index (χ1v) is 9.40. The standard InChI is InChI=1S/C23H24O5/c1-5-14(2)26-23(25)16(4)27-20-12-11-18-19(17-9-7-6-8-10-17)13-21(24)28-22(18)15(20)3/h6-14,16H,5H2,1-4H3/t14-,16-/m1/s1. The quantitative estimate of drug-likeness (QED) is 0.450. The van der Waals surface area contributed by atoms with Crippen molar-refractivity contribution in [2.24, 2.45) is 0 Å². The van der Waals surface area contributed by atoms with E-state index >= 15 is 0 Å². The summed E-state index contributed by atoms with van der Waals surface area (Å²) in [6.07, 6.45) is -0.196. The normalized spacial score (nSPS) is 13.1. The highest BCUT2D eigenvalue weighted by Gasteiger charge is 2.21. The fourth-order valence-electron chi connectivity index (χ4n) is 2.94. The van der Waals surface area contributed by atoms with Crippen molar-refractivity contribution < 1.29 is 18.7 Å². The number of rotatable bonds is 6. The third-order valence-electron chi connectivity index (χ3n) is 4.72. The van der Waals surface area contributed by atoms with E-state index in [4.69, 9.17) is 13.9 Å². The summed E-state index contributed by atoms with van der Waals surface area (Å²) in [7, 11) is 0. The number of fused-ring (bicyclic) bond motifs is 1. The van der Waals surface area contributed by atoms with Crippen LogP contribution < -0.4 is 10.4 Å². The van der Waals surface area contributed by atoms with E-state index in [1.807, 2.05) is 57.2 Å². The van der Waals surface area contributed by atoms with Crippen LogP contribution >= 0.6 is 0 Å². The summed E-state index contributed by atoms with van der Waals surface area (Å²) in [5, 5.41) is 0.811. The molecular formula is C23H24O5. The smallest absolute Gasteiger partial charge is 0.347 e. The molecule has 0 saturated carbocycles. The molecule has 1 aromatic heterocycles. The van der Waals surface area contributed by atoms with E-state index < -0.39 is 17.7 Å². The van der Waals surface area contributed by atoms with E-state index in [2.05, 4.69) is 0 Å². The molecule has 1 heterocycles. The molecule has 0 aliphatic rings. The minimum absolute atomic E-state index is 0.164. The number of hydrogen-bond donors (Lipinski definition) is 0. The first-order valence-electron chi connectivity index (χ1n) is 9.40. The first-order chi connectivity index (χ1) is 13.4. The summed E-state index contributed by atoms with van der Waals surface area (Å²) in [4.78, 5) is 24.3. The molecule has 0 spiro atoms. The van der Waals surface area contributed by atoms with Gasteiger partial charge in [-0.15, -0.1) is 0 Å². The highest BCUT2D eigenvalue weighted by molar-refractivity contribution is 5.95. The summed E-state index contributed by atoms with van der Waals surface area (Å²) in [6, 6.07) is 14.8. The molecule has 0 amide bonds. The first kappa shape index (κ1) is 19.7. The number of aryl methyl sites for hydroxylation is 1. The number of carbonyl (C=O) groups is 1. The molecule has 0 fully saturated rings. The van der Waals surface area contributed by atoms with E-state index in [-0.39, 0.29) is 6.10 Å². The fourth-order valence-corrected chi connectivity index (χ4v) is 2.94. The molecule has 5 heteroatoms. The average molecular weight is 380 g/mol. The van der Waals surface area contributed by atoms with Crippen molar-refractivity contribution in [3.63, 3.8) is 0 Å². The molecule has 2 atom stereocenters. The lowest BCUT2D eigenvalue weighted by Crippen LogP contribution is -2.29. The summed E-state index contributed by atoms with van der Waals surface area (Å²) in [6.45, 7) is 7.24. The lowest BCUT2D eigenvalue weighted by atomic mass is 10.00. The van der Waals surface area contributed by atoms with Crippen molar-refractivity contribution in [2.45, 2.75) is 46.3 Å². The van der Waals surface area contributed by atoms with Crippen molar-refractivity contribution in [1.82, 2.24) is 0 Å². The Kier molecular flexibility index (Phi) is 5.83. The lowest BCUT2D eigenvalue weighted by Gasteiger charge is -2.18. The van der Waals surface area contributed by atoms with Crippen LogP contribution in [0.5, 0.6) is 5.75 Å². The van der Waals surface area contributed by atoms with E-state index in [0.29, 0.717) is 16.9 Å². The van der Waals surface area contributed by atoms with Crippen LogP contribution in [0.4, 0.5) is 0 Å². The predicted molar refractivity (Wildman–Crippen MR) is 109 cm³/mol. The van der Waals surface area contributed by atoms with Crippen molar-refractivity contribution in [2.75, 3.05) is 0 Å². The average Bonchev–Trinajstić information content (AvgIpc) is 2.70. The lowest BCUT2D eigenvalue weighted by molar-refractivity contribution is -0.155. The van der Waals surface area contributed by atoms with Gasteiger partial charge in [-0.25, -0.2) is 9.59 Å². The van der Waals surface area contributed by atoms with Crippen molar-refractivity contribution in [3.05, 3.63) is 64.5 Å². The Bertz CT molecular complexity index is 1040. The van der Waals surface area contributed by atoms with Crippen LogP contribution in [0.1, 0.15) is 32.8 Å². The number of esters is 1. The topological polar surface area (TPSA) is 65.7 Å². The zero-order chi connectivity index (χ0) is 20.3. The van der Waals surface area contributed by atoms with E-state index in [9.17, 15) is 9.59 Å². The highest BCUT2D eigenvalue weighted by atomic mass is 16.6. The summed E-state index contributed by atoms with van der Waals surface area (Å²) in [5.41, 5.74) is 2.41. The van der Waals surface area contributed by atoms with Gasteiger partial charge in [0.15, 0.2) is 6.10 Å². The van der Waals surface area contributed by atoms with Gasteiger partial charge < -0.3 is 13.9 Å². The zero-order valence-corrected chi connectivity index (χ0v) is 16.5. The monoisotopic (exact) mass is 380 g/mol. The Labute approximate surface area is 163 Å². The summed E-state index contributed by atoms with van der Waals surface area (Å²) >= 11 is 0. The van der Waals surface area contributed by atoms with Gasteiger partial charge in [-0.2, -0.15) is 0 Å². The van der Waals surface area contributed by atoms with Crippen LogP contribution in [0, 0.1) is 6.92 Å². The molecule has 0 bridgehead atoms. The third kappa shape index (κ3) is 4.09. The maximum atomic E-state index is 12.2. The second-order valence-electron chi connectivity index (χ2n) is 6.83. The van der Waals surface area contributed by atoms with Gasteiger partial charge in [-0.1, -0.05) is 37.3 Å². The molecule has 0 saturated heterocycles. The van der Waals surface area contributed by atoms with E-state index in [0.717, 1.165) is 22.9 Å². The van der Waals surface area contributed by atoms with Crippen LogP contribution in [0.2, 0.25) is 0 Å². The molecule has 146 valence electrons. The van der Waals surface area contributed by atoms with Gasteiger partial charge in [-0.05, 0) is 50.5 Å². The van der Waals surface area contributed by atoms with Crippen molar-refractivity contribution in [1.29, 1.82) is 0 Å². The molecule has 0 radical (unpaired) electrons. The van der Waals surface area contributed by atoms with Crippen LogP contribution in [-0.4, -0.2) is 18.2 Å². The van der Waals surface area contributed by atoms with Gasteiger partial charge in [0.25, 0.3) is 0 Å². The summed E-state index contributed by atoms with van der Waals surface area (Å²) in [5.74, 6) is 0.0581. The van der Waals surface area contributed by atoms with Gasteiger partial charge in [0.1, 0.15) is 11.3 Å². The van der Waals surface area contributed by atoms with Gasteiger partial charge >= 0.3 is 11.6 Å². The fraction of sp³-hybridized carbons (Fsp3) is 0.304. The summed E-state index contributed by atoms with van der Waals surface area (Å²) < 4.78 is 16.6. The molecule has 0 unspecified atom stereocenters. The van der Waals surface area contributed by atoms with Crippen LogP contribution in [0.3, 0.4) is 0 Å². The Morgan fingerprint density at radius 2 is 1.82 bits per heavy atom. The van der Waals surface area contributed by atoms with Crippen LogP contribution in [-0.2, 0) is 9.53 Å². The Hall–Kier alpha value is -3.08. The predicted octanol–water partition coefficient (Wildman–Crippen LogP) is 4.88. The SMILES string of the molecule is CC[C@@H](C)OC(=O)[C@@H](C)Oc1ccc2c(-c3ccccc3)cc(=O)oc2c1C. The zero-order valence-electron chi connectivity index (χ0n) is 16.5. The van der Waals surface area contributed by atoms with Crippen LogP contribution in [0.15, 0.2) is 57.7 Å². The maximum Gasteiger partial charge on any atom is 0.347 e. The van der Waals surface area contributed by atoms with Gasteiger partial charge in [0, 0.05) is 17.0 Å². The van der Waals surface area contributed by atoms with Crippen molar-refractivity contribution in [3.8, 4) is 16.9 Å². The maximum absolute atomic E-state index is 12.2. The molecule has 0 N–H and O–H groups in total. The number of benzene rings is 2. The van der Waals surface area contributed by atoms with Gasteiger partial charge in [0.2, 0.25) is 0 Å². The Morgan fingerprint density at radius 1 is 1.11 bits per heavy atom. The molecule has 2 aromatic carbocycles. The number of hydrogen-bond acceptors (Lipinski definition) is 5. The Morgan fingerprint density at radius 3 is 2.50 bits per heavy atom. The third-order valence-corrected chi connectivity index (χ3v) is 4.72. The van der Waals surface area contributed by atoms with Crippen LogP contribution in [0.25, 0.3) is 22.1 Å². The molecule has 0 aliphatic carbocycles. The van der Waals surface area contributed by atoms with E-state index in [1.165, 1.54) is 6.07 Å². The highest BCUT2D eigenvalue weighted by Crippen LogP contribution is 2.33. The van der Waals surface area contributed by atoms with E-state index in [1.54, 1.807) is 13.0 Å². The van der Waals surface area contributed by atoms with Gasteiger partial charge in [-0.3, -0.25) is 0 Å². The second-order valence-corrected chi connectivity index (χ2v) is 6.83. The minimum Gasteiger partial charge on any atom is -0.479 e. The van der Waals surface area contributed by atoms with Gasteiger partial charge in [0.05, 0.1) is 6.10 Å². The number of carbonyl (C=O) groups excluding carboxylic acids is 1. The minimum atomic E-state index is -0.769. The molecule has 5 nitrogen and oxygen atoms in total.